The van der Waals surface area contributed by atoms with Crippen molar-refractivity contribution in [1.82, 2.24) is 19.5 Å². The second-order valence-electron chi connectivity index (χ2n) is 9.10. The van der Waals surface area contributed by atoms with E-state index in [-0.39, 0.29) is 23.1 Å². The van der Waals surface area contributed by atoms with Gasteiger partial charge in [-0.3, -0.25) is 0 Å². The summed E-state index contributed by atoms with van der Waals surface area (Å²) in [6, 6.07) is 18.9. The maximum absolute atomic E-state index is 13.2. The van der Waals surface area contributed by atoms with Gasteiger partial charge in [0.15, 0.2) is 0 Å². The molecule has 5 aromatic rings. The number of anilines is 5. The largest absolute Gasteiger partial charge is 0.352 e. The van der Waals surface area contributed by atoms with E-state index in [2.05, 4.69) is 20.6 Å². The predicted octanol–water partition coefficient (Wildman–Crippen LogP) is 5.00. The Hall–Kier alpha value is -4.26. The molecule has 208 valence electrons. The molecule has 0 fully saturated rings. The highest BCUT2D eigenvalue weighted by molar-refractivity contribution is 7.89. The number of nitrogens with one attached hydrogen (secondary N) is 2. The van der Waals surface area contributed by atoms with Crippen LogP contribution in [-0.4, -0.2) is 35.0 Å². The first-order valence-electron chi connectivity index (χ1n) is 12.0. The first kappa shape index (κ1) is 28.7. The van der Waals surface area contributed by atoms with Gasteiger partial charge in [0.1, 0.15) is 11.6 Å². The third kappa shape index (κ3) is 6.14. The number of nitrogens with zero attached hydrogens (tertiary/aromatic N) is 5. The van der Waals surface area contributed by atoms with Crippen molar-refractivity contribution in [1.29, 1.82) is 0 Å². The van der Waals surface area contributed by atoms with Gasteiger partial charge < -0.3 is 20.1 Å². The Morgan fingerprint density at radius 3 is 2.50 bits per heavy atom. The third-order valence-electron chi connectivity index (χ3n) is 6.35. The van der Waals surface area contributed by atoms with Crippen LogP contribution in [0.2, 0.25) is 0 Å². The number of hydrogen-bond donors (Lipinski definition) is 3. The van der Waals surface area contributed by atoms with E-state index in [1.807, 2.05) is 41.8 Å². The summed E-state index contributed by atoms with van der Waals surface area (Å²) in [5.74, 6) is 1.35. The minimum atomic E-state index is -3.86. The number of aromatic nitrogens is 4. The average Bonchev–Trinajstić information content (AvgIpc) is 3.23. The summed E-state index contributed by atoms with van der Waals surface area (Å²) >= 11 is 0. The van der Waals surface area contributed by atoms with Gasteiger partial charge in [-0.1, -0.05) is 18.2 Å². The molecule has 0 unspecified atom stereocenters. The molecule has 40 heavy (non-hydrogen) atoms. The number of aryl methyl sites for hydroxylation is 2. The van der Waals surface area contributed by atoms with Crippen molar-refractivity contribution >= 4 is 62.6 Å². The van der Waals surface area contributed by atoms with Gasteiger partial charge in [0.2, 0.25) is 21.9 Å². The van der Waals surface area contributed by atoms with Crippen molar-refractivity contribution in [2.24, 2.45) is 12.2 Å². The highest BCUT2D eigenvalue weighted by Gasteiger charge is 2.14. The summed E-state index contributed by atoms with van der Waals surface area (Å²) in [7, 11) is -0.0448. The van der Waals surface area contributed by atoms with E-state index < -0.39 is 10.0 Å². The van der Waals surface area contributed by atoms with Crippen LogP contribution in [0, 0.1) is 12.7 Å². The molecule has 10 nitrogen and oxygen atoms in total. The van der Waals surface area contributed by atoms with Crippen molar-refractivity contribution in [2.75, 3.05) is 22.6 Å². The molecule has 2 aromatic heterocycles. The topological polar surface area (TPSA) is 131 Å². The number of nitrogens with two attached hydrogens (primary N) is 1. The summed E-state index contributed by atoms with van der Waals surface area (Å²) in [5, 5.41) is 11.7. The van der Waals surface area contributed by atoms with Crippen LogP contribution in [0.5, 0.6) is 0 Å². The van der Waals surface area contributed by atoms with Crippen molar-refractivity contribution in [3.05, 3.63) is 89.9 Å². The smallest absolute Gasteiger partial charge is 0.238 e. The summed E-state index contributed by atoms with van der Waals surface area (Å²) in [5.41, 5.74) is 4.61. The third-order valence-corrected chi connectivity index (χ3v) is 7.40. The first-order valence-corrected chi connectivity index (χ1v) is 13.6. The number of hydrogen-bond acceptors (Lipinski definition) is 8. The maximum atomic E-state index is 13.2. The van der Waals surface area contributed by atoms with Gasteiger partial charge in [0, 0.05) is 38.2 Å². The molecule has 0 aliphatic heterocycles. The van der Waals surface area contributed by atoms with E-state index in [1.165, 1.54) is 18.2 Å². The fourth-order valence-corrected chi connectivity index (χ4v) is 4.99. The van der Waals surface area contributed by atoms with Gasteiger partial charge >= 0.3 is 0 Å². The molecule has 0 saturated carbocycles. The Labute approximate surface area is 237 Å². The lowest BCUT2D eigenvalue weighted by molar-refractivity contribution is 0.597. The molecule has 0 aliphatic rings. The minimum absolute atomic E-state index is 0. The van der Waals surface area contributed by atoms with Gasteiger partial charge in [-0.2, -0.15) is 4.98 Å². The van der Waals surface area contributed by atoms with Crippen molar-refractivity contribution in [3.8, 4) is 0 Å². The average molecular weight is 583 g/mol. The lowest BCUT2D eigenvalue weighted by Crippen LogP contribution is -2.14. The highest BCUT2D eigenvalue weighted by atomic mass is 35.5. The summed E-state index contributed by atoms with van der Waals surface area (Å²) in [4.78, 5) is 15.5. The van der Waals surface area contributed by atoms with E-state index in [0.29, 0.717) is 35.5 Å². The van der Waals surface area contributed by atoms with Crippen LogP contribution in [-0.2, 0) is 23.6 Å². The Kier molecular flexibility index (Phi) is 8.24. The molecule has 2 heterocycles. The zero-order valence-electron chi connectivity index (χ0n) is 22.0. The molecule has 13 heteroatoms. The van der Waals surface area contributed by atoms with Crippen LogP contribution in [0.4, 0.5) is 33.5 Å². The van der Waals surface area contributed by atoms with Gasteiger partial charge in [-0.05, 0) is 66.6 Å². The number of sulfonamides is 1. The van der Waals surface area contributed by atoms with Crippen molar-refractivity contribution < 1.29 is 12.8 Å². The number of primary sulfonamides is 1. The highest BCUT2D eigenvalue weighted by Crippen LogP contribution is 2.28. The molecule has 3 aromatic carbocycles. The lowest BCUT2D eigenvalue weighted by Gasteiger charge is -2.19. The maximum Gasteiger partial charge on any atom is 0.238 e. The Morgan fingerprint density at radius 2 is 1.77 bits per heavy atom. The number of imidazole rings is 1. The van der Waals surface area contributed by atoms with E-state index in [1.54, 1.807) is 43.5 Å². The second kappa shape index (κ2) is 11.5. The van der Waals surface area contributed by atoms with Gasteiger partial charge in [-0.25, -0.2) is 27.9 Å². The zero-order chi connectivity index (χ0) is 27.7. The molecular weight excluding hydrogens is 555 g/mol. The zero-order valence-corrected chi connectivity index (χ0v) is 23.6. The molecule has 0 aliphatic carbocycles. The molecule has 0 amide bonds. The van der Waals surface area contributed by atoms with Crippen LogP contribution in [0.25, 0.3) is 11.0 Å². The fourth-order valence-electron chi connectivity index (χ4n) is 4.18. The van der Waals surface area contributed by atoms with Crippen LogP contribution in [0.1, 0.15) is 11.1 Å². The monoisotopic (exact) mass is 582 g/mol. The fraction of sp³-hybridized carbons (Fsp3) is 0.148. The lowest BCUT2D eigenvalue weighted by atomic mass is 10.2. The SMILES string of the molecule is Cc1ccc(Nc2nccc(N(C)c3ccc4c(c3)nc(NCc3ccc(F)cc3)n4C)n2)cc1S(N)(=O)=O.Cl. The molecule has 4 N–H and O–H groups in total. The standard InChI is InChI=1S/C27H27FN8O2S.ClH/c1-17-4-9-20(14-24(17)39(29,37)38)32-26-30-13-12-25(34-26)35(2)21-10-11-23-22(15-21)33-27(36(23)3)31-16-18-5-7-19(28)8-6-18;/h4-15H,16H2,1-3H3,(H,31,33)(H2,29,37,38)(H,30,32,34);1H. The van der Waals surface area contributed by atoms with Crippen LogP contribution in [0.15, 0.2) is 77.8 Å². The summed E-state index contributed by atoms with van der Waals surface area (Å²) < 4.78 is 38.9. The van der Waals surface area contributed by atoms with Crippen molar-refractivity contribution in [3.63, 3.8) is 0 Å². The predicted molar refractivity (Wildman–Crippen MR) is 158 cm³/mol. The summed E-state index contributed by atoms with van der Waals surface area (Å²) in [6.07, 6.45) is 1.62. The quantitative estimate of drug-likeness (QED) is 0.233. The Balaban J connectivity index is 0.00000370. The first-order chi connectivity index (χ1) is 18.6. The Bertz CT molecular complexity index is 1780. The number of halogens is 2. The van der Waals surface area contributed by atoms with E-state index >= 15 is 0 Å². The normalized spacial score (nSPS) is 11.2. The molecular formula is C27H28ClFN8O2S. The summed E-state index contributed by atoms with van der Waals surface area (Å²) in [6.45, 7) is 2.19. The van der Waals surface area contributed by atoms with E-state index in [4.69, 9.17) is 10.1 Å². The van der Waals surface area contributed by atoms with E-state index in [9.17, 15) is 12.8 Å². The molecule has 5 rings (SSSR count). The van der Waals surface area contributed by atoms with Crippen molar-refractivity contribution in [2.45, 2.75) is 18.4 Å². The number of fused-ring (bicyclic) bond motifs is 1. The Morgan fingerprint density at radius 1 is 1.02 bits per heavy atom. The van der Waals surface area contributed by atoms with Gasteiger partial charge in [-0.15, -0.1) is 12.4 Å². The molecule has 0 spiro atoms. The molecule has 0 radical (unpaired) electrons. The van der Waals surface area contributed by atoms with E-state index in [0.717, 1.165) is 22.3 Å². The van der Waals surface area contributed by atoms with Crippen LogP contribution >= 0.6 is 12.4 Å². The minimum Gasteiger partial charge on any atom is -0.352 e. The number of rotatable bonds is 8. The second-order valence-corrected chi connectivity index (χ2v) is 10.6. The van der Waals surface area contributed by atoms with Crippen LogP contribution < -0.4 is 20.7 Å². The van der Waals surface area contributed by atoms with Crippen LogP contribution in [0.3, 0.4) is 0 Å². The van der Waals surface area contributed by atoms with Gasteiger partial charge in [0.25, 0.3) is 0 Å². The van der Waals surface area contributed by atoms with Gasteiger partial charge in [0.05, 0.1) is 15.9 Å². The molecule has 0 atom stereocenters. The molecule has 0 bridgehead atoms. The number of benzene rings is 3. The molecule has 0 saturated heterocycles.